The predicted octanol–water partition coefficient (Wildman–Crippen LogP) is 0.850. The molecule has 0 aromatic carbocycles. The number of rotatable bonds is 2. The number of piperidine rings is 1. The summed E-state index contributed by atoms with van der Waals surface area (Å²) in [6, 6.07) is 0.954. The number of hydrogen-bond donors (Lipinski definition) is 1. The summed E-state index contributed by atoms with van der Waals surface area (Å²) < 4.78 is 8.23. The number of aromatic nitrogens is 2. The van der Waals surface area contributed by atoms with E-state index in [1.54, 1.807) is 0 Å². The van der Waals surface area contributed by atoms with Gasteiger partial charge < -0.3 is 5.73 Å². The van der Waals surface area contributed by atoms with Gasteiger partial charge in [0, 0.05) is 25.2 Å². The third kappa shape index (κ3) is 2.29. The van der Waals surface area contributed by atoms with Crippen molar-refractivity contribution >= 4 is 11.7 Å². The van der Waals surface area contributed by atoms with E-state index in [1.165, 1.54) is 11.7 Å². The van der Waals surface area contributed by atoms with Crippen molar-refractivity contribution in [2.24, 2.45) is 5.73 Å². The van der Waals surface area contributed by atoms with Gasteiger partial charge in [-0.1, -0.05) is 0 Å². The smallest absolute Gasteiger partial charge is 0.0883 e. The lowest BCUT2D eigenvalue weighted by Gasteiger charge is -2.35. The normalized spacial score (nSPS) is 29.3. The van der Waals surface area contributed by atoms with E-state index >= 15 is 0 Å². The van der Waals surface area contributed by atoms with Gasteiger partial charge >= 0.3 is 0 Å². The van der Waals surface area contributed by atoms with Crippen molar-refractivity contribution in [3.63, 3.8) is 0 Å². The van der Waals surface area contributed by atoms with Gasteiger partial charge in [0.2, 0.25) is 0 Å². The molecule has 0 spiro atoms. The van der Waals surface area contributed by atoms with Gasteiger partial charge in [-0.3, -0.25) is 4.90 Å². The van der Waals surface area contributed by atoms with Crippen molar-refractivity contribution in [2.45, 2.75) is 38.4 Å². The van der Waals surface area contributed by atoms with Gasteiger partial charge in [-0.15, -0.1) is 0 Å². The second kappa shape index (κ2) is 4.33. The van der Waals surface area contributed by atoms with Crippen LogP contribution in [0.3, 0.4) is 0 Å². The maximum Gasteiger partial charge on any atom is 0.0883 e. The number of nitrogens with two attached hydrogens (primary N) is 1. The first-order valence-electron chi connectivity index (χ1n) is 5.02. The van der Waals surface area contributed by atoms with E-state index in [4.69, 9.17) is 5.73 Å². The average Bonchev–Trinajstić information content (AvgIpc) is 2.62. The Morgan fingerprint density at radius 2 is 2.57 bits per heavy atom. The summed E-state index contributed by atoms with van der Waals surface area (Å²) in [5.41, 5.74) is 6.99. The molecule has 4 nitrogen and oxygen atoms in total. The zero-order valence-electron chi connectivity index (χ0n) is 8.39. The van der Waals surface area contributed by atoms with Crippen molar-refractivity contribution in [3.8, 4) is 0 Å². The van der Waals surface area contributed by atoms with Crippen LogP contribution in [-0.2, 0) is 6.54 Å². The first-order chi connectivity index (χ1) is 6.75. The standard InChI is InChI=1S/C9H16N4S/c1-7-4-8(10)2-3-13(7)6-9-5-11-14-12-9/h5,7-8H,2-4,6,10H2,1H3. The van der Waals surface area contributed by atoms with Crippen LogP contribution in [0.4, 0.5) is 0 Å². The van der Waals surface area contributed by atoms with Crippen LogP contribution < -0.4 is 5.73 Å². The molecule has 0 saturated carbocycles. The Morgan fingerprint density at radius 3 is 3.21 bits per heavy atom. The molecule has 1 aliphatic heterocycles. The van der Waals surface area contributed by atoms with Crippen LogP contribution in [0.1, 0.15) is 25.5 Å². The summed E-state index contributed by atoms with van der Waals surface area (Å²) >= 11 is 1.28. The monoisotopic (exact) mass is 212 g/mol. The lowest BCUT2D eigenvalue weighted by atomic mass is 9.99. The molecule has 2 heterocycles. The van der Waals surface area contributed by atoms with Crippen molar-refractivity contribution in [3.05, 3.63) is 11.9 Å². The van der Waals surface area contributed by atoms with Gasteiger partial charge in [-0.05, 0) is 19.8 Å². The molecule has 14 heavy (non-hydrogen) atoms. The van der Waals surface area contributed by atoms with E-state index in [1.807, 2.05) is 6.20 Å². The molecule has 0 amide bonds. The maximum absolute atomic E-state index is 5.91. The largest absolute Gasteiger partial charge is 0.328 e. The number of nitrogens with zero attached hydrogens (tertiary/aromatic N) is 3. The fraction of sp³-hybridized carbons (Fsp3) is 0.778. The SMILES string of the molecule is CC1CC(N)CCN1Cc1cnsn1. The number of likely N-dealkylation sites (tertiary alicyclic amines) is 1. The molecule has 0 aliphatic carbocycles. The summed E-state index contributed by atoms with van der Waals surface area (Å²) in [6.45, 7) is 4.24. The van der Waals surface area contributed by atoms with Gasteiger partial charge in [-0.2, -0.15) is 8.75 Å². The van der Waals surface area contributed by atoms with E-state index in [0.29, 0.717) is 12.1 Å². The zero-order chi connectivity index (χ0) is 9.97. The fourth-order valence-electron chi connectivity index (χ4n) is 1.95. The minimum Gasteiger partial charge on any atom is -0.328 e. The molecule has 78 valence electrons. The minimum absolute atomic E-state index is 0.384. The summed E-state index contributed by atoms with van der Waals surface area (Å²) in [5.74, 6) is 0. The highest BCUT2D eigenvalue weighted by Crippen LogP contribution is 2.17. The zero-order valence-corrected chi connectivity index (χ0v) is 9.20. The van der Waals surface area contributed by atoms with Crippen LogP contribution in [-0.4, -0.2) is 32.3 Å². The highest BCUT2D eigenvalue weighted by molar-refractivity contribution is 6.99. The predicted molar refractivity (Wildman–Crippen MR) is 57.0 cm³/mol. The van der Waals surface area contributed by atoms with Crippen LogP contribution in [0.5, 0.6) is 0 Å². The van der Waals surface area contributed by atoms with Crippen molar-refractivity contribution in [1.82, 2.24) is 13.6 Å². The molecule has 2 rings (SSSR count). The third-order valence-electron chi connectivity index (χ3n) is 2.83. The van der Waals surface area contributed by atoms with E-state index < -0.39 is 0 Å². The van der Waals surface area contributed by atoms with Crippen molar-refractivity contribution in [1.29, 1.82) is 0 Å². The maximum atomic E-state index is 5.91. The molecule has 0 radical (unpaired) electrons. The highest BCUT2D eigenvalue weighted by Gasteiger charge is 2.23. The topological polar surface area (TPSA) is 55.0 Å². The van der Waals surface area contributed by atoms with Crippen LogP contribution in [0, 0.1) is 0 Å². The average molecular weight is 212 g/mol. The molecule has 0 bridgehead atoms. The molecule has 2 atom stereocenters. The first kappa shape index (κ1) is 10.0. The van der Waals surface area contributed by atoms with Crippen LogP contribution in [0.25, 0.3) is 0 Å². The molecule has 1 aromatic heterocycles. The van der Waals surface area contributed by atoms with Gasteiger partial charge in [0.1, 0.15) is 0 Å². The number of hydrogen-bond acceptors (Lipinski definition) is 5. The Morgan fingerprint density at radius 1 is 1.71 bits per heavy atom. The summed E-state index contributed by atoms with van der Waals surface area (Å²) in [7, 11) is 0. The van der Waals surface area contributed by atoms with Gasteiger partial charge in [0.15, 0.2) is 0 Å². The minimum atomic E-state index is 0.384. The summed E-state index contributed by atoms with van der Waals surface area (Å²) in [5, 5.41) is 0. The molecule has 2 N–H and O–H groups in total. The van der Waals surface area contributed by atoms with Crippen LogP contribution >= 0.6 is 11.7 Å². The Labute approximate surface area is 88.4 Å². The molecule has 1 aromatic rings. The Balaban J connectivity index is 1.92. The quantitative estimate of drug-likeness (QED) is 0.789. The van der Waals surface area contributed by atoms with Gasteiger partial charge in [-0.25, -0.2) is 0 Å². The molecule has 1 saturated heterocycles. The van der Waals surface area contributed by atoms with Gasteiger partial charge in [0.25, 0.3) is 0 Å². The molecule has 2 unspecified atom stereocenters. The second-order valence-electron chi connectivity index (χ2n) is 4.00. The van der Waals surface area contributed by atoms with Crippen LogP contribution in [0.15, 0.2) is 6.20 Å². The lowest BCUT2D eigenvalue weighted by molar-refractivity contribution is 0.138. The van der Waals surface area contributed by atoms with E-state index in [0.717, 1.165) is 31.6 Å². The molecular weight excluding hydrogens is 196 g/mol. The highest BCUT2D eigenvalue weighted by atomic mass is 32.1. The van der Waals surface area contributed by atoms with Crippen molar-refractivity contribution < 1.29 is 0 Å². The summed E-state index contributed by atoms with van der Waals surface area (Å²) in [6.07, 6.45) is 4.05. The lowest BCUT2D eigenvalue weighted by Crippen LogP contribution is -2.44. The Bertz CT molecular complexity index is 274. The van der Waals surface area contributed by atoms with E-state index in [9.17, 15) is 0 Å². The Hall–Kier alpha value is -0.520. The molecule has 1 aliphatic rings. The summed E-state index contributed by atoms with van der Waals surface area (Å²) in [4.78, 5) is 2.43. The van der Waals surface area contributed by atoms with E-state index in [2.05, 4.69) is 20.6 Å². The Kier molecular flexibility index (Phi) is 3.10. The van der Waals surface area contributed by atoms with E-state index in [-0.39, 0.29) is 0 Å². The van der Waals surface area contributed by atoms with Gasteiger partial charge in [0.05, 0.1) is 23.6 Å². The van der Waals surface area contributed by atoms with Crippen LogP contribution in [0.2, 0.25) is 0 Å². The molecular formula is C9H16N4S. The molecule has 1 fully saturated rings. The molecule has 5 heteroatoms. The second-order valence-corrected chi connectivity index (χ2v) is 4.56. The fourth-order valence-corrected chi connectivity index (χ4v) is 2.38. The van der Waals surface area contributed by atoms with Crippen molar-refractivity contribution in [2.75, 3.05) is 6.54 Å². The third-order valence-corrected chi connectivity index (χ3v) is 3.34. The first-order valence-corrected chi connectivity index (χ1v) is 5.75.